The Labute approximate surface area is 217 Å². The van der Waals surface area contributed by atoms with Crippen molar-refractivity contribution >= 4 is 46.1 Å². The number of nitro benzene ring substituents is 1. The van der Waals surface area contributed by atoms with Gasteiger partial charge in [-0.1, -0.05) is 59.9 Å². The number of nitro groups is 1. The molecular weight excluding hydrogens is 514 g/mol. The Morgan fingerprint density at radius 1 is 1.19 bits per heavy atom. The second kappa shape index (κ2) is 9.96. The molecule has 4 aromatic rings. The third-order valence-electron chi connectivity index (χ3n) is 5.72. The van der Waals surface area contributed by atoms with Gasteiger partial charge in [0.25, 0.3) is 5.56 Å². The van der Waals surface area contributed by atoms with Gasteiger partial charge in [-0.3, -0.25) is 19.5 Å². The van der Waals surface area contributed by atoms with Gasteiger partial charge in [0.05, 0.1) is 27.3 Å². The highest BCUT2D eigenvalue weighted by Gasteiger charge is 2.35. The normalized spacial score (nSPS) is 15.3. The third kappa shape index (κ3) is 4.39. The van der Waals surface area contributed by atoms with Crippen molar-refractivity contribution in [1.82, 2.24) is 4.57 Å². The molecule has 0 fully saturated rings. The van der Waals surface area contributed by atoms with Gasteiger partial charge in [-0.25, -0.2) is 9.79 Å². The van der Waals surface area contributed by atoms with Gasteiger partial charge < -0.3 is 9.84 Å². The Hall–Kier alpha value is -4.35. The highest BCUT2D eigenvalue weighted by Crippen LogP contribution is 2.37. The number of esters is 1. The van der Waals surface area contributed by atoms with E-state index in [1.165, 1.54) is 40.2 Å². The van der Waals surface area contributed by atoms with E-state index in [4.69, 9.17) is 9.73 Å². The highest BCUT2D eigenvalue weighted by atomic mass is 32.1. The van der Waals surface area contributed by atoms with Crippen LogP contribution in [-0.2, 0) is 9.53 Å². The van der Waals surface area contributed by atoms with Gasteiger partial charge in [0.2, 0.25) is 5.75 Å². The fraction of sp³-hybridized carbons (Fsp3) is 0.115. The first-order chi connectivity index (χ1) is 17.9. The molecule has 2 aromatic carbocycles. The Balaban J connectivity index is 1.81. The number of phenols is 1. The number of fused-ring (bicyclic) bond motifs is 1. The van der Waals surface area contributed by atoms with Crippen molar-refractivity contribution in [3.05, 3.63) is 117 Å². The van der Waals surface area contributed by atoms with Crippen LogP contribution in [-0.4, -0.2) is 27.2 Å². The molecule has 11 heteroatoms. The van der Waals surface area contributed by atoms with Gasteiger partial charge in [0.15, 0.2) is 4.80 Å². The lowest BCUT2D eigenvalue weighted by Gasteiger charge is -2.24. The standard InChI is InChI=1S/C26H19N3O6S2/c1-2-35-25(32)20-21(15-8-4-3-5-9-15)27-26-28(22(20)18-12-7-13-36-18)24(31)19(37-26)14-16-10-6-11-17(23(16)30)29(33)34/h3-14,22,30H,2H2,1H3/b19-14+/t22-/m0/s1. The molecule has 0 aliphatic carbocycles. The van der Waals surface area contributed by atoms with E-state index in [-0.39, 0.29) is 22.3 Å². The molecule has 1 aliphatic heterocycles. The number of benzene rings is 2. The predicted molar refractivity (Wildman–Crippen MR) is 140 cm³/mol. The smallest absolute Gasteiger partial charge is 0.338 e. The number of aromatic hydroxyl groups is 1. The Bertz CT molecular complexity index is 1720. The minimum absolute atomic E-state index is 0.125. The highest BCUT2D eigenvalue weighted by molar-refractivity contribution is 7.10. The largest absolute Gasteiger partial charge is 0.502 e. The van der Waals surface area contributed by atoms with Crippen LogP contribution in [0.15, 0.2) is 81.4 Å². The molecule has 0 amide bonds. The molecule has 186 valence electrons. The Morgan fingerprint density at radius 3 is 2.65 bits per heavy atom. The van der Waals surface area contributed by atoms with E-state index in [0.717, 1.165) is 16.2 Å². The number of hydrogen-bond donors (Lipinski definition) is 1. The van der Waals surface area contributed by atoms with Gasteiger partial charge in [0, 0.05) is 22.1 Å². The molecule has 0 radical (unpaired) electrons. The number of ether oxygens (including phenoxy) is 1. The first-order valence-electron chi connectivity index (χ1n) is 11.2. The Kier molecular flexibility index (Phi) is 6.55. The summed E-state index contributed by atoms with van der Waals surface area (Å²) in [5, 5.41) is 23.5. The minimum Gasteiger partial charge on any atom is -0.502 e. The van der Waals surface area contributed by atoms with Crippen LogP contribution in [0.2, 0.25) is 0 Å². The van der Waals surface area contributed by atoms with Gasteiger partial charge in [0.1, 0.15) is 6.04 Å². The van der Waals surface area contributed by atoms with Crippen molar-refractivity contribution < 1.29 is 19.6 Å². The number of rotatable bonds is 6. The summed E-state index contributed by atoms with van der Waals surface area (Å²) in [6, 6.07) is 16.2. The number of aromatic nitrogens is 1. The number of carbonyl (C=O) groups is 1. The molecule has 9 nitrogen and oxygen atoms in total. The summed E-state index contributed by atoms with van der Waals surface area (Å²) < 4.78 is 7.04. The maximum atomic E-state index is 13.7. The van der Waals surface area contributed by atoms with E-state index < -0.39 is 33.9 Å². The summed E-state index contributed by atoms with van der Waals surface area (Å²) in [6.07, 6.45) is 1.40. The van der Waals surface area contributed by atoms with Crippen molar-refractivity contribution in [1.29, 1.82) is 0 Å². The minimum atomic E-state index is -0.786. The van der Waals surface area contributed by atoms with E-state index in [1.54, 1.807) is 6.92 Å². The number of hydrogen-bond acceptors (Lipinski definition) is 9. The van der Waals surface area contributed by atoms with Crippen LogP contribution < -0.4 is 14.9 Å². The fourth-order valence-corrected chi connectivity index (χ4v) is 5.93. The fourth-order valence-electron chi connectivity index (χ4n) is 4.11. The van der Waals surface area contributed by atoms with E-state index >= 15 is 0 Å². The Morgan fingerprint density at radius 2 is 1.97 bits per heavy atom. The summed E-state index contributed by atoms with van der Waals surface area (Å²) >= 11 is 2.47. The summed E-state index contributed by atoms with van der Waals surface area (Å²) in [6.45, 7) is 1.86. The zero-order valence-electron chi connectivity index (χ0n) is 19.4. The average Bonchev–Trinajstić information content (AvgIpc) is 3.53. The number of thiazole rings is 1. The topological polar surface area (TPSA) is 124 Å². The van der Waals surface area contributed by atoms with E-state index in [9.17, 15) is 24.8 Å². The van der Waals surface area contributed by atoms with Crippen LogP contribution in [0.1, 0.15) is 29.0 Å². The van der Waals surface area contributed by atoms with E-state index in [1.807, 2.05) is 47.8 Å². The van der Waals surface area contributed by atoms with Gasteiger partial charge in [-0.2, -0.15) is 0 Å². The molecule has 2 aromatic heterocycles. The average molecular weight is 534 g/mol. The first-order valence-corrected chi connectivity index (χ1v) is 12.9. The van der Waals surface area contributed by atoms with Gasteiger partial charge in [-0.15, -0.1) is 11.3 Å². The van der Waals surface area contributed by atoms with E-state index in [2.05, 4.69) is 0 Å². The quantitative estimate of drug-likeness (QED) is 0.229. The first kappa shape index (κ1) is 24.3. The van der Waals surface area contributed by atoms with Crippen LogP contribution in [0, 0.1) is 10.1 Å². The summed E-state index contributed by atoms with van der Waals surface area (Å²) in [5.41, 5.74) is 0.563. The lowest BCUT2D eigenvalue weighted by atomic mass is 9.97. The maximum absolute atomic E-state index is 13.7. The van der Waals surface area contributed by atoms with E-state index in [0.29, 0.717) is 16.1 Å². The molecule has 0 unspecified atom stereocenters. The van der Waals surface area contributed by atoms with Crippen LogP contribution >= 0.6 is 22.7 Å². The van der Waals surface area contributed by atoms with Crippen LogP contribution in [0.25, 0.3) is 11.8 Å². The van der Waals surface area contributed by atoms with Crippen molar-refractivity contribution in [2.24, 2.45) is 4.99 Å². The molecule has 0 saturated heterocycles. The zero-order chi connectivity index (χ0) is 26.1. The molecular formula is C26H19N3O6S2. The maximum Gasteiger partial charge on any atom is 0.338 e. The number of thiophene rings is 1. The molecule has 0 spiro atoms. The zero-order valence-corrected chi connectivity index (χ0v) is 21.0. The molecule has 1 atom stereocenters. The molecule has 1 N–H and O–H groups in total. The third-order valence-corrected chi connectivity index (χ3v) is 7.62. The van der Waals surface area contributed by atoms with Crippen molar-refractivity contribution in [2.75, 3.05) is 6.61 Å². The number of phenolic OH excluding ortho intramolecular Hbond substituents is 1. The monoisotopic (exact) mass is 533 g/mol. The van der Waals surface area contributed by atoms with Crippen LogP contribution in [0.5, 0.6) is 5.75 Å². The second-order valence-corrected chi connectivity index (χ2v) is 9.91. The lowest BCUT2D eigenvalue weighted by Crippen LogP contribution is -2.39. The summed E-state index contributed by atoms with van der Waals surface area (Å²) in [7, 11) is 0. The molecule has 3 heterocycles. The van der Waals surface area contributed by atoms with Crippen molar-refractivity contribution in [3.63, 3.8) is 0 Å². The number of carbonyl (C=O) groups excluding carboxylic acids is 1. The molecule has 0 saturated carbocycles. The molecule has 1 aliphatic rings. The summed E-state index contributed by atoms with van der Waals surface area (Å²) in [4.78, 5) is 43.4. The van der Waals surface area contributed by atoms with Crippen LogP contribution in [0.3, 0.4) is 0 Å². The van der Waals surface area contributed by atoms with Crippen molar-refractivity contribution in [2.45, 2.75) is 13.0 Å². The van der Waals surface area contributed by atoms with Crippen LogP contribution in [0.4, 0.5) is 5.69 Å². The summed E-state index contributed by atoms with van der Waals surface area (Å²) in [5.74, 6) is -1.11. The molecule has 0 bridgehead atoms. The van der Waals surface area contributed by atoms with Crippen molar-refractivity contribution in [3.8, 4) is 5.75 Å². The number of para-hydroxylation sites is 1. The number of nitrogens with zero attached hydrogens (tertiary/aromatic N) is 3. The second-order valence-electron chi connectivity index (χ2n) is 7.92. The van der Waals surface area contributed by atoms with Gasteiger partial charge in [-0.05, 0) is 24.4 Å². The molecule has 5 rings (SSSR count). The SMILES string of the molecule is CCOC(=O)C1=C(c2ccccc2)N=c2s/c(=C/c3cccc([N+](=O)[O-])c3O)c(=O)n2[C@H]1c1cccs1. The molecule has 37 heavy (non-hydrogen) atoms. The van der Waals surface area contributed by atoms with Gasteiger partial charge >= 0.3 is 11.7 Å². The lowest BCUT2D eigenvalue weighted by molar-refractivity contribution is -0.385. The predicted octanol–water partition coefficient (Wildman–Crippen LogP) is 3.61.